The summed E-state index contributed by atoms with van der Waals surface area (Å²) in [4.78, 5) is 14.5. The zero-order valence-corrected chi connectivity index (χ0v) is 18.3. The summed E-state index contributed by atoms with van der Waals surface area (Å²) >= 11 is 0. The van der Waals surface area contributed by atoms with Crippen molar-refractivity contribution in [3.8, 4) is 5.75 Å². The molecule has 2 aliphatic rings. The highest BCUT2D eigenvalue weighted by Crippen LogP contribution is 2.29. The van der Waals surface area contributed by atoms with E-state index in [-0.39, 0.29) is 10.8 Å². The van der Waals surface area contributed by atoms with Crippen molar-refractivity contribution in [1.29, 1.82) is 0 Å². The highest BCUT2D eigenvalue weighted by molar-refractivity contribution is 7.89. The molecular formula is C21H31N3O5S. The third-order valence-electron chi connectivity index (χ3n) is 5.38. The Labute approximate surface area is 178 Å². The molecule has 2 aliphatic heterocycles. The number of amides is 1. The second-order valence-electron chi connectivity index (χ2n) is 7.45. The van der Waals surface area contributed by atoms with Crippen molar-refractivity contribution < 1.29 is 22.7 Å². The minimum atomic E-state index is -3.63. The second-order valence-corrected chi connectivity index (χ2v) is 9.36. The lowest BCUT2D eigenvalue weighted by atomic mass is 10.2. The van der Waals surface area contributed by atoms with Gasteiger partial charge < -0.3 is 14.8 Å². The number of sulfonamides is 1. The van der Waals surface area contributed by atoms with Crippen molar-refractivity contribution in [1.82, 2.24) is 14.5 Å². The first-order chi connectivity index (χ1) is 14.5. The third-order valence-corrected chi connectivity index (χ3v) is 7.30. The number of methoxy groups -OCH3 is 1. The van der Waals surface area contributed by atoms with E-state index in [0.29, 0.717) is 30.9 Å². The molecule has 0 aliphatic carbocycles. The van der Waals surface area contributed by atoms with E-state index in [1.807, 2.05) is 0 Å². The number of piperidine rings is 1. The van der Waals surface area contributed by atoms with Crippen molar-refractivity contribution in [3.05, 3.63) is 29.8 Å². The zero-order valence-electron chi connectivity index (χ0n) is 17.5. The fourth-order valence-corrected chi connectivity index (χ4v) is 5.34. The predicted octanol–water partition coefficient (Wildman–Crippen LogP) is 1.33. The molecule has 0 bridgehead atoms. The molecule has 2 saturated heterocycles. The van der Waals surface area contributed by atoms with Gasteiger partial charge in [0, 0.05) is 45.3 Å². The van der Waals surface area contributed by atoms with Crippen LogP contribution in [-0.4, -0.2) is 83.1 Å². The number of benzene rings is 1. The van der Waals surface area contributed by atoms with Crippen LogP contribution in [0.5, 0.6) is 5.75 Å². The van der Waals surface area contributed by atoms with E-state index >= 15 is 0 Å². The molecule has 1 aromatic carbocycles. The van der Waals surface area contributed by atoms with Crippen LogP contribution in [0.15, 0.2) is 29.2 Å². The quantitative estimate of drug-likeness (QED) is 0.618. The van der Waals surface area contributed by atoms with Gasteiger partial charge in [-0.15, -0.1) is 0 Å². The Balaban J connectivity index is 1.63. The number of nitrogens with one attached hydrogen (secondary N) is 1. The number of hydrogen-bond acceptors (Lipinski definition) is 6. The van der Waals surface area contributed by atoms with Crippen LogP contribution in [0, 0.1) is 0 Å². The lowest BCUT2D eigenvalue weighted by Crippen LogP contribution is -2.41. The highest BCUT2D eigenvalue weighted by atomic mass is 32.2. The Morgan fingerprint density at radius 3 is 2.60 bits per heavy atom. The third kappa shape index (κ3) is 6.04. The summed E-state index contributed by atoms with van der Waals surface area (Å²) in [6.07, 6.45) is 5.83. The molecule has 1 aromatic rings. The Bertz CT molecular complexity index is 844. The van der Waals surface area contributed by atoms with Crippen molar-refractivity contribution in [2.45, 2.75) is 24.2 Å². The van der Waals surface area contributed by atoms with Crippen LogP contribution in [0.1, 0.15) is 24.8 Å². The van der Waals surface area contributed by atoms with Crippen LogP contribution in [0.3, 0.4) is 0 Å². The van der Waals surface area contributed by atoms with Gasteiger partial charge in [-0.1, -0.05) is 12.5 Å². The lowest BCUT2D eigenvalue weighted by Gasteiger charge is -2.26. The summed E-state index contributed by atoms with van der Waals surface area (Å²) in [5.41, 5.74) is 0.634. The molecule has 1 N–H and O–H groups in total. The average molecular weight is 438 g/mol. The monoisotopic (exact) mass is 437 g/mol. The van der Waals surface area contributed by atoms with Crippen LogP contribution < -0.4 is 10.1 Å². The van der Waals surface area contributed by atoms with Gasteiger partial charge in [0.05, 0.1) is 20.3 Å². The van der Waals surface area contributed by atoms with E-state index in [9.17, 15) is 13.2 Å². The first-order valence-corrected chi connectivity index (χ1v) is 11.9. The number of rotatable bonds is 8. The smallest absolute Gasteiger partial charge is 0.246 e. The van der Waals surface area contributed by atoms with Gasteiger partial charge in [0.2, 0.25) is 15.9 Å². The summed E-state index contributed by atoms with van der Waals surface area (Å²) in [5, 5.41) is 2.86. The van der Waals surface area contributed by atoms with E-state index in [2.05, 4.69) is 10.2 Å². The molecule has 166 valence electrons. The molecule has 0 unspecified atom stereocenters. The maximum atomic E-state index is 13.1. The molecule has 0 aromatic heterocycles. The van der Waals surface area contributed by atoms with Gasteiger partial charge in [-0.2, -0.15) is 4.31 Å². The Hall–Kier alpha value is -1.94. The maximum Gasteiger partial charge on any atom is 0.246 e. The first kappa shape index (κ1) is 22.7. The Morgan fingerprint density at radius 1 is 1.17 bits per heavy atom. The predicted molar refractivity (Wildman–Crippen MR) is 115 cm³/mol. The topological polar surface area (TPSA) is 88.2 Å². The largest absolute Gasteiger partial charge is 0.495 e. The van der Waals surface area contributed by atoms with Crippen LogP contribution in [0.4, 0.5) is 0 Å². The Kier molecular flexibility index (Phi) is 8.26. The fraction of sp³-hybridized carbons (Fsp3) is 0.571. The van der Waals surface area contributed by atoms with E-state index in [1.165, 1.54) is 17.5 Å². The number of nitrogens with zero attached hydrogens (tertiary/aromatic N) is 2. The van der Waals surface area contributed by atoms with E-state index in [1.54, 1.807) is 24.3 Å². The summed E-state index contributed by atoms with van der Waals surface area (Å²) in [6.45, 7) is 5.61. The number of carbonyl (C=O) groups excluding carboxylic acids is 1. The molecule has 8 nitrogen and oxygen atoms in total. The van der Waals surface area contributed by atoms with Gasteiger partial charge in [-0.3, -0.25) is 9.69 Å². The number of ether oxygens (including phenoxy) is 2. The molecule has 0 radical (unpaired) electrons. The number of morpholine rings is 1. The molecular weight excluding hydrogens is 406 g/mol. The van der Waals surface area contributed by atoms with Crippen molar-refractivity contribution in [2.75, 3.05) is 59.6 Å². The SMILES string of the molecule is COc1ccc(/C=C/C(=O)NCCN2CCOCC2)cc1S(=O)(=O)N1CCCCC1. The molecule has 30 heavy (non-hydrogen) atoms. The molecule has 3 rings (SSSR count). The van der Waals surface area contributed by atoms with Crippen LogP contribution in [-0.2, 0) is 19.6 Å². The van der Waals surface area contributed by atoms with Crippen LogP contribution in [0.2, 0.25) is 0 Å². The lowest BCUT2D eigenvalue weighted by molar-refractivity contribution is -0.116. The van der Waals surface area contributed by atoms with Crippen molar-refractivity contribution in [2.24, 2.45) is 0 Å². The molecule has 0 atom stereocenters. The van der Waals surface area contributed by atoms with Gasteiger partial charge in [-0.05, 0) is 36.6 Å². The minimum absolute atomic E-state index is 0.141. The molecule has 9 heteroatoms. The maximum absolute atomic E-state index is 13.1. The summed E-state index contributed by atoms with van der Waals surface area (Å²) in [7, 11) is -2.17. The van der Waals surface area contributed by atoms with Crippen molar-refractivity contribution >= 4 is 22.0 Å². The van der Waals surface area contributed by atoms with Gasteiger partial charge in [0.15, 0.2) is 0 Å². The van der Waals surface area contributed by atoms with E-state index in [0.717, 1.165) is 52.1 Å². The van der Waals surface area contributed by atoms with Crippen molar-refractivity contribution in [3.63, 3.8) is 0 Å². The molecule has 0 spiro atoms. The molecule has 1 amide bonds. The van der Waals surface area contributed by atoms with E-state index in [4.69, 9.17) is 9.47 Å². The number of hydrogen-bond donors (Lipinski definition) is 1. The molecule has 2 fully saturated rings. The standard InChI is InChI=1S/C21H31N3O5S/c1-28-19-7-5-18(17-20(19)30(26,27)24-10-3-2-4-11-24)6-8-21(25)22-9-12-23-13-15-29-16-14-23/h5-8,17H,2-4,9-16H2,1H3,(H,22,25)/b8-6+. The second kappa shape index (κ2) is 10.9. The summed E-state index contributed by atoms with van der Waals surface area (Å²) in [5.74, 6) is 0.104. The van der Waals surface area contributed by atoms with E-state index < -0.39 is 10.0 Å². The number of carbonyl (C=O) groups is 1. The average Bonchev–Trinajstić information content (AvgIpc) is 2.79. The summed E-state index contributed by atoms with van der Waals surface area (Å²) < 4.78 is 38.3. The van der Waals surface area contributed by atoms with Crippen LogP contribution >= 0.6 is 0 Å². The Morgan fingerprint density at radius 2 is 1.90 bits per heavy atom. The molecule has 2 heterocycles. The van der Waals surface area contributed by atoms with Gasteiger partial charge in [0.1, 0.15) is 10.6 Å². The molecule has 0 saturated carbocycles. The highest BCUT2D eigenvalue weighted by Gasteiger charge is 2.29. The van der Waals surface area contributed by atoms with Gasteiger partial charge >= 0.3 is 0 Å². The minimum Gasteiger partial charge on any atom is -0.495 e. The zero-order chi connectivity index (χ0) is 21.4. The fourth-order valence-electron chi connectivity index (χ4n) is 3.64. The normalized spacial score (nSPS) is 19.1. The van der Waals surface area contributed by atoms with Crippen LogP contribution in [0.25, 0.3) is 6.08 Å². The van der Waals surface area contributed by atoms with Gasteiger partial charge in [-0.25, -0.2) is 8.42 Å². The van der Waals surface area contributed by atoms with Gasteiger partial charge in [0.25, 0.3) is 0 Å². The summed E-state index contributed by atoms with van der Waals surface area (Å²) in [6, 6.07) is 4.94. The first-order valence-electron chi connectivity index (χ1n) is 10.4.